The summed E-state index contributed by atoms with van der Waals surface area (Å²) in [5.74, 6) is 0.162. The lowest BCUT2D eigenvalue weighted by molar-refractivity contribution is 0.00662. The third-order valence-corrected chi connectivity index (χ3v) is 2.22. The van der Waals surface area contributed by atoms with Gasteiger partial charge in [0.2, 0.25) is 0 Å². The predicted molar refractivity (Wildman–Crippen MR) is 63.4 cm³/mol. The smallest absolute Gasteiger partial charge is 0.342 e. The lowest BCUT2D eigenvalue weighted by Gasteiger charge is -2.19. The molecule has 0 atom stereocenters. The van der Waals surface area contributed by atoms with E-state index >= 15 is 0 Å². The van der Waals surface area contributed by atoms with Crippen molar-refractivity contribution in [2.24, 2.45) is 0 Å². The first-order chi connectivity index (χ1) is 7.63. The highest BCUT2D eigenvalue weighted by molar-refractivity contribution is 6.06. The molecule has 0 aliphatic rings. The van der Waals surface area contributed by atoms with Crippen molar-refractivity contribution >= 4 is 11.8 Å². The fourth-order valence-electron chi connectivity index (χ4n) is 1.68. The number of rotatable bonds is 2. The van der Waals surface area contributed by atoms with E-state index in [0.29, 0.717) is 17.1 Å². The molecule has 4 nitrogen and oxygen atoms in total. The zero-order valence-corrected chi connectivity index (χ0v) is 11.1. The van der Waals surface area contributed by atoms with Gasteiger partial charge in [-0.1, -0.05) is 0 Å². The topological polar surface area (TPSA) is 56.5 Å². The van der Waals surface area contributed by atoms with E-state index in [4.69, 9.17) is 9.15 Å². The Morgan fingerprint density at radius 2 is 1.53 bits per heavy atom. The van der Waals surface area contributed by atoms with Gasteiger partial charge >= 0.3 is 5.97 Å². The van der Waals surface area contributed by atoms with Crippen LogP contribution in [-0.4, -0.2) is 17.4 Å². The molecular formula is C13H18O4. The van der Waals surface area contributed by atoms with Gasteiger partial charge in [-0.3, -0.25) is 4.79 Å². The summed E-state index contributed by atoms with van der Waals surface area (Å²) in [6.45, 7) is 10.1. The highest BCUT2D eigenvalue weighted by atomic mass is 16.6. The molecule has 94 valence electrons. The van der Waals surface area contributed by atoms with Crippen molar-refractivity contribution in [2.75, 3.05) is 0 Å². The number of carbonyl (C=O) groups is 2. The molecule has 0 aliphatic carbocycles. The summed E-state index contributed by atoms with van der Waals surface area (Å²) in [4.78, 5) is 23.5. The first-order valence-corrected chi connectivity index (χ1v) is 5.47. The molecule has 0 unspecified atom stereocenters. The standard InChI is InChI=1S/C13H18O4/c1-7(14)10-8(2)16-9(3)11(10)12(15)17-13(4,5)6/h1-6H3. The number of hydrogen-bond donors (Lipinski definition) is 0. The van der Waals surface area contributed by atoms with Gasteiger partial charge in [-0.25, -0.2) is 4.79 Å². The Balaban J connectivity index is 3.22. The van der Waals surface area contributed by atoms with E-state index in [-0.39, 0.29) is 11.3 Å². The van der Waals surface area contributed by atoms with Crippen molar-refractivity contribution in [1.29, 1.82) is 0 Å². The van der Waals surface area contributed by atoms with E-state index in [1.54, 1.807) is 34.6 Å². The summed E-state index contributed by atoms with van der Waals surface area (Å²) >= 11 is 0. The molecule has 0 radical (unpaired) electrons. The van der Waals surface area contributed by atoms with Gasteiger partial charge in [0.05, 0.1) is 5.56 Å². The van der Waals surface area contributed by atoms with Crippen LogP contribution in [0.25, 0.3) is 0 Å². The highest BCUT2D eigenvalue weighted by Crippen LogP contribution is 2.24. The van der Waals surface area contributed by atoms with Gasteiger partial charge in [-0.05, 0) is 41.5 Å². The first kappa shape index (κ1) is 13.5. The van der Waals surface area contributed by atoms with Crippen LogP contribution in [0.5, 0.6) is 0 Å². The zero-order valence-electron chi connectivity index (χ0n) is 11.1. The van der Waals surface area contributed by atoms with Crippen LogP contribution in [0.3, 0.4) is 0 Å². The van der Waals surface area contributed by atoms with E-state index in [2.05, 4.69) is 0 Å². The summed E-state index contributed by atoms with van der Waals surface area (Å²) in [6, 6.07) is 0. The summed E-state index contributed by atoms with van der Waals surface area (Å²) in [7, 11) is 0. The van der Waals surface area contributed by atoms with Crippen molar-refractivity contribution in [2.45, 2.75) is 47.1 Å². The van der Waals surface area contributed by atoms with E-state index in [9.17, 15) is 9.59 Å². The summed E-state index contributed by atoms with van der Waals surface area (Å²) in [6.07, 6.45) is 0. The molecule has 0 N–H and O–H groups in total. The molecule has 0 amide bonds. The van der Waals surface area contributed by atoms with Crippen LogP contribution < -0.4 is 0 Å². The number of hydrogen-bond acceptors (Lipinski definition) is 4. The number of carbonyl (C=O) groups excluding carboxylic acids is 2. The SMILES string of the molecule is CC(=O)c1c(C)oc(C)c1C(=O)OC(C)(C)C. The third kappa shape index (κ3) is 2.96. The Kier molecular flexibility index (Phi) is 3.45. The molecule has 1 rings (SSSR count). The van der Waals surface area contributed by atoms with Crippen LogP contribution in [0.1, 0.15) is 59.9 Å². The second-order valence-electron chi connectivity index (χ2n) is 5.02. The maximum atomic E-state index is 12.0. The van der Waals surface area contributed by atoms with Crippen LogP contribution in [0, 0.1) is 13.8 Å². The lowest BCUT2D eigenvalue weighted by atomic mass is 10.1. The van der Waals surface area contributed by atoms with Gasteiger partial charge in [0.25, 0.3) is 0 Å². The van der Waals surface area contributed by atoms with Crippen molar-refractivity contribution in [3.8, 4) is 0 Å². The first-order valence-electron chi connectivity index (χ1n) is 5.47. The fraction of sp³-hybridized carbons (Fsp3) is 0.538. The highest BCUT2D eigenvalue weighted by Gasteiger charge is 2.28. The molecule has 0 fully saturated rings. The van der Waals surface area contributed by atoms with Crippen molar-refractivity contribution in [3.05, 3.63) is 22.6 Å². The van der Waals surface area contributed by atoms with Gasteiger partial charge in [-0.15, -0.1) is 0 Å². The molecule has 0 saturated carbocycles. The van der Waals surface area contributed by atoms with E-state index < -0.39 is 11.6 Å². The Labute approximate surface area is 101 Å². The largest absolute Gasteiger partial charge is 0.465 e. The van der Waals surface area contributed by atoms with Crippen LogP contribution >= 0.6 is 0 Å². The van der Waals surface area contributed by atoms with Gasteiger partial charge in [-0.2, -0.15) is 0 Å². The molecule has 17 heavy (non-hydrogen) atoms. The minimum absolute atomic E-state index is 0.194. The maximum Gasteiger partial charge on any atom is 0.342 e. The van der Waals surface area contributed by atoms with E-state index in [0.717, 1.165) is 0 Å². The van der Waals surface area contributed by atoms with Crippen LogP contribution in [0.4, 0.5) is 0 Å². The second-order valence-corrected chi connectivity index (χ2v) is 5.02. The molecule has 1 aromatic rings. The number of esters is 1. The third-order valence-electron chi connectivity index (χ3n) is 2.22. The molecule has 1 aromatic heterocycles. The van der Waals surface area contributed by atoms with Crippen molar-refractivity contribution in [1.82, 2.24) is 0 Å². The Bertz CT molecular complexity index is 460. The summed E-state index contributed by atoms with van der Waals surface area (Å²) in [5.41, 5.74) is -0.0374. The maximum absolute atomic E-state index is 12.0. The van der Waals surface area contributed by atoms with E-state index in [1.807, 2.05) is 0 Å². The van der Waals surface area contributed by atoms with Crippen molar-refractivity contribution in [3.63, 3.8) is 0 Å². The average Bonchev–Trinajstić information content (AvgIpc) is 2.37. The van der Waals surface area contributed by atoms with Gasteiger partial charge in [0.15, 0.2) is 5.78 Å². The van der Waals surface area contributed by atoms with Crippen LogP contribution in [-0.2, 0) is 4.74 Å². The fourth-order valence-corrected chi connectivity index (χ4v) is 1.68. The molecule has 4 heteroatoms. The Morgan fingerprint density at radius 1 is 1.06 bits per heavy atom. The molecular weight excluding hydrogens is 220 g/mol. The predicted octanol–water partition coefficient (Wildman–Crippen LogP) is 3.05. The number of aryl methyl sites for hydroxylation is 2. The van der Waals surface area contributed by atoms with Gasteiger partial charge in [0, 0.05) is 0 Å². The summed E-state index contributed by atoms with van der Waals surface area (Å²) in [5, 5.41) is 0. The van der Waals surface area contributed by atoms with E-state index in [1.165, 1.54) is 6.92 Å². The zero-order chi connectivity index (χ0) is 13.4. The monoisotopic (exact) mass is 238 g/mol. The minimum Gasteiger partial charge on any atom is -0.465 e. The van der Waals surface area contributed by atoms with Gasteiger partial charge < -0.3 is 9.15 Å². The molecule has 0 aromatic carbocycles. The van der Waals surface area contributed by atoms with Crippen LogP contribution in [0.2, 0.25) is 0 Å². The number of ketones is 1. The molecule has 0 bridgehead atoms. The Hall–Kier alpha value is -1.58. The second kappa shape index (κ2) is 4.35. The normalized spacial score (nSPS) is 11.4. The number of ether oxygens (including phenoxy) is 1. The van der Waals surface area contributed by atoms with Crippen LogP contribution in [0.15, 0.2) is 4.42 Å². The summed E-state index contributed by atoms with van der Waals surface area (Å²) < 4.78 is 10.6. The molecule has 1 heterocycles. The lowest BCUT2D eigenvalue weighted by Crippen LogP contribution is -2.25. The minimum atomic E-state index is -0.594. The van der Waals surface area contributed by atoms with Crippen molar-refractivity contribution < 1.29 is 18.7 Å². The Morgan fingerprint density at radius 3 is 1.94 bits per heavy atom. The molecule has 0 saturated heterocycles. The van der Waals surface area contributed by atoms with Gasteiger partial charge in [0.1, 0.15) is 22.7 Å². The number of Topliss-reactive ketones (excluding diaryl/α,β-unsaturated/α-hetero) is 1. The number of furan rings is 1. The quantitative estimate of drug-likeness (QED) is 0.587. The molecule has 0 aliphatic heterocycles. The molecule has 0 spiro atoms. The average molecular weight is 238 g/mol.